The van der Waals surface area contributed by atoms with Crippen LogP contribution in [-0.4, -0.2) is 78.1 Å². The lowest BCUT2D eigenvalue weighted by Crippen LogP contribution is -2.57. The van der Waals surface area contributed by atoms with Crippen LogP contribution in [0, 0.1) is 3.57 Å². The molecule has 1 aromatic rings. The molecule has 0 bridgehead atoms. The van der Waals surface area contributed by atoms with E-state index in [1.54, 1.807) is 18.1 Å². The minimum absolute atomic E-state index is 0.0198. The van der Waals surface area contributed by atoms with Crippen molar-refractivity contribution in [1.82, 2.24) is 10.2 Å². The minimum atomic E-state index is -0.998. The number of rotatable bonds is 10. The number of aliphatic hydroxyl groups excluding tert-OH is 2. The fourth-order valence-electron chi connectivity index (χ4n) is 4.60. The number of carbonyl (C=O) groups is 2. The Kier molecular flexibility index (Phi) is 9.96. The molecule has 0 heterocycles. The Bertz CT molecular complexity index is 842. The van der Waals surface area contributed by atoms with Crippen molar-refractivity contribution in [1.29, 1.82) is 0 Å². The topological polar surface area (TPSA) is 108 Å². The van der Waals surface area contributed by atoms with Crippen molar-refractivity contribution in [3.8, 4) is 5.75 Å². The van der Waals surface area contributed by atoms with E-state index in [1.165, 1.54) is 0 Å². The summed E-state index contributed by atoms with van der Waals surface area (Å²) in [6, 6.07) is 6.89. The molecule has 3 atom stereocenters. The van der Waals surface area contributed by atoms with Gasteiger partial charge in [0.2, 0.25) is 11.8 Å². The quantitative estimate of drug-likeness (QED) is 0.371. The lowest BCUT2D eigenvalue weighted by molar-refractivity contribution is -0.143. The van der Waals surface area contributed by atoms with E-state index in [1.807, 2.05) is 24.3 Å². The first-order chi connectivity index (χ1) is 16.0. The maximum absolute atomic E-state index is 13.2. The van der Waals surface area contributed by atoms with Crippen LogP contribution in [0.2, 0.25) is 0 Å². The molecule has 3 N–H and O–H groups in total. The zero-order valence-electron chi connectivity index (χ0n) is 18.9. The molecular formula is C24H33IN2O6. The van der Waals surface area contributed by atoms with Gasteiger partial charge >= 0.3 is 0 Å². The second-order valence-corrected chi connectivity index (χ2v) is 9.59. The first kappa shape index (κ1) is 25.9. The van der Waals surface area contributed by atoms with Gasteiger partial charge in [0.15, 0.2) is 0 Å². The van der Waals surface area contributed by atoms with Gasteiger partial charge in [-0.05, 0) is 53.6 Å². The molecule has 1 fully saturated rings. The highest BCUT2D eigenvalue weighted by atomic mass is 127. The number of para-hydroxylation sites is 1. The van der Waals surface area contributed by atoms with Gasteiger partial charge < -0.3 is 29.9 Å². The summed E-state index contributed by atoms with van der Waals surface area (Å²) < 4.78 is 12.2. The van der Waals surface area contributed by atoms with E-state index in [9.17, 15) is 14.7 Å². The highest BCUT2D eigenvalue weighted by molar-refractivity contribution is 14.1. The standard InChI is InChI=1S/C24H33IN2O6/c1-32-13-10-22(29)27(17-6-2-3-7-17)19-14-16(24(31)26-11-12-28)15-21(23(19)30)33-20-9-5-4-8-18(20)25/h4-5,8-9,15,17,19,21,23,28,30H,2-3,6-7,10-14H2,1H3,(H,26,31). The van der Waals surface area contributed by atoms with Crippen molar-refractivity contribution in [3.63, 3.8) is 0 Å². The van der Waals surface area contributed by atoms with Gasteiger partial charge in [0.1, 0.15) is 18.0 Å². The molecule has 0 radical (unpaired) electrons. The summed E-state index contributed by atoms with van der Waals surface area (Å²) in [5.74, 6) is 0.193. The first-order valence-corrected chi connectivity index (χ1v) is 12.5. The van der Waals surface area contributed by atoms with Gasteiger partial charge in [-0.15, -0.1) is 0 Å². The van der Waals surface area contributed by atoms with Crippen molar-refractivity contribution < 1.29 is 29.3 Å². The third-order valence-corrected chi connectivity index (χ3v) is 7.09. The van der Waals surface area contributed by atoms with Crippen molar-refractivity contribution in [3.05, 3.63) is 39.5 Å². The number of hydrogen-bond donors (Lipinski definition) is 3. The van der Waals surface area contributed by atoms with E-state index in [2.05, 4.69) is 27.9 Å². The molecule has 9 heteroatoms. The van der Waals surface area contributed by atoms with E-state index < -0.39 is 18.2 Å². The summed E-state index contributed by atoms with van der Waals surface area (Å²) in [5, 5.41) is 23.2. The highest BCUT2D eigenvalue weighted by Crippen LogP contribution is 2.34. The minimum Gasteiger partial charge on any atom is -0.482 e. The Morgan fingerprint density at radius 1 is 1.24 bits per heavy atom. The third kappa shape index (κ3) is 6.68. The smallest absolute Gasteiger partial charge is 0.247 e. The van der Waals surface area contributed by atoms with Crippen LogP contribution in [-0.2, 0) is 14.3 Å². The van der Waals surface area contributed by atoms with E-state index in [4.69, 9.17) is 14.6 Å². The number of nitrogens with zero attached hydrogens (tertiary/aromatic N) is 1. The van der Waals surface area contributed by atoms with Crippen LogP contribution < -0.4 is 10.1 Å². The van der Waals surface area contributed by atoms with Crippen molar-refractivity contribution >= 4 is 34.4 Å². The van der Waals surface area contributed by atoms with Crippen molar-refractivity contribution in [2.75, 3.05) is 26.9 Å². The Hall–Kier alpha value is -1.69. The Morgan fingerprint density at radius 2 is 1.97 bits per heavy atom. The molecule has 3 unspecified atom stereocenters. The van der Waals surface area contributed by atoms with Gasteiger partial charge in [0, 0.05) is 31.7 Å². The maximum atomic E-state index is 13.2. The highest BCUT2D eigenvalue weighted by Gasteiger charge is 2.43. The number of ether oxygens (including phenoxy) is 2. The number of aliphatic hydroxyl groups is 2. The van der Waals surface area contributed by atoms with Crippen LogP contribution in [0.5, 0.6) is 5.75 Å². The van der Waals surface area contributed by atoms with Gasteiger partial charge in [0.05, 0.1) is 29.2 Å². The second kappa shape index (κ2) is 12.7. The molecule has 0 saturated heterocycles. The van der Waals surface area contributed by atoms with Crippen LogP contribution in [0.25, 0.3) is 0 Å². The molecule has 2 amide bonds. The summed E-state index contributed by atoms with van der Waals surface area (Å²) in [5.41, 5.74) is 0.442. The zero-order chi connectivity index (χ0) is 23.8. The van der Waals surface area contributed by atoms with Crippen LogP contribution in [0.15, 0.2) is 35.9 Å². The molecule has 182 valence electrons. The van der Waals surface area contributed by atoms with Crippen molar-refractivity contribution in [2.45, 2.75) is 62.8 Å². The molecular weight excluding hydrogens is 539 g/mol. The lowest BCUT2D eigenvalue weighted by atomic mass is 9.87. The fourth-order valence-corrected chi connectivity index (χ4v) is 5.11. The van der Waals surface area contributed by atoms with Crippen LogP contribution >= 0.6 is 22.6 Å². The molecule has 8 nitrogen and oxygen atoms in total. The average molecular weight is 572 g/mol. The molecule has 3 rings (SSSR count). The molecule has 33 heavy (non-hydrogen) atoms. The second-order valence-electron chi connectivity index (χ2n) is 8.43. The predicted molar refractivity (Wildman–Crippen MR) is 132 cm³/mol. The summed E-state index contributed by atoms with van der Waals surface area (Å²) in [6.45, 7) is 0.258. The molecule has 2 aliphatic carbocycles. The number of amides is 2. The molecule has 0 aromatic heterocycles. The predicted octanol–water partition coefficient (Wildman–Crippen LogP) is 2.01. The number of carbonyl (C=O) groups excluding carboxylic acids is 2. The number of methoxy groups -OCH3 is 1. The fraction of sp³-hybridized carbons (Fsp3) is 0.583. The number of benzene rings is 1. The van der Waals surface area contributed by atoms with Gasteiger partial charge in [-0.25, -0.2) is 0 Å². The van der Waals surface area contributed by atoms with E-state index in [0.29, 0.717) is 17.9 Å². The van der Waals surface area contributed by atoms with E-state index >= 15 is 0 Å². The zero-order valence-corrected chi connectivity index (χ0v) is 21.1. The summed E-state index contributed by atoms with van der Waals surface area (Å²) in [7, 11) is 1.56. The lowest BCUT2D eigenvalue weighted by Gasteiger charge is -2.43. The van der Waals surface area contributed by atoms with Gasteiger partial charge in [-0.3, -0.25) is 9.59 Å². The molecule has 2 aliphatic rings. The van der Waals surface area contributed by atoms with Crippen LogP contribution in [0.3, 0.4) is 0 Å². The van der Waals surface area contributed by atoms with Gasteiger partial charge in [0.25, 0.3) is 0 Å². The van der Waals surface area contributed by atoms with Gasteiger partial charge in [-0.2, -0.15) is 0 Å². The van der Waals surface area contributed by atoms with E-state index in [-0.39, 0.29) is 43.8 Å². The Balaban J connectivity index is 1.93. The van der Waals surface area contributed by atoms with Gasteiger partial charge in [-0.1, -0.05) is 25.0 Å². The molecule has 1 aromatic carbocycles. The summed E-state index contributed by atoms with van der Waals surface area (Å²) in [4.78, 5) is 27.8. The third-order valence-electron chi connectivity index (χ3n) is 6.20. The maximum Gasteiger partial charge on any atom is 0.247 e. The number of halogens is 1. The number of hydrogen-bond acceptors (Lipinski definition) is 6. The normalized spacial score (nSPS) is 23.2. The summed E-state index contributed by atoms with van der Waals surface area (Å²) in [6.07, 6.45) is 4.10. The largest absolute Gasteiger partial charge is 0.482 e. The van der Waals surface area contributed by atoms with E-state index in [0.717, 1.165) is 29.3 Å². The Morgan fingerprint density at radius 3 is 2.64 bits per heavy atom. The van der Waals surface area contributed by atoms with Crippen molar-refractivity contribution in [2.24, 2.45) is 0 Å². The van der Waals surface area contributed by atoms with Crippen LogP contribution in [0.1, 0.15) is 38.5 Å². The number of nitrogens with one attached hydrogen (secondary N) is 1. The Labute approximate surface area is 208 Å². The monoisotopic (exact) mass is 572 g/mol. The first-order valence-electron chi connectivity index (χ1n) is 11.4. The molecule has 0 aliphatic heterocycles. The average Bonchev–Trinajstić information content (AvgIpc) is 3.34. The van der Waals surface area contributed by atoms with Crippen LogP contribution in [0.4, 0.5) is 0 Å². The molecule has 0 spiro atoms. The SMILES string of the molecule is COCCC(=O)N(C1CCCC1)C1CC(C(=O)NCCO)=CC(Oc2ccccc2I)C1O. The summed E-state index contributed by atoms with van der Waals surface area (Å²) >= 11 is 2.16. The molecule has 1 saturated carbocycles.